The molecule has 0 aliphatic carbocycles. The van der Waals surface area contributed by atoms with Crippen LogP contribution in [0.4, 0.5) is 0 Å². The summed E-state index contributed by atoms with van der Waals surface area (Å²) in [4.78, 5) is 0. The molecule has 1 saturated heterocycles. The summed E-state index contributed by atoms with van der Waals surface area (Å²) < 4.78 is 0. The maximum Gasteiger partial charge on any atom is 0.0873 e. The Hall–Kier alpha value is 0.270. The third-order valence-electron chi connectivity index (χ3n) is 1.80. The van der Waals surface area contributed by atoms with Gasteiger partial charge in [-0.25, -0.2) is 0 Å². The van der Waals surface area contributed by atoms with Gasteiger partial charge in [0.05, 0.1) is 5.60 Å². The molecule has 1 aliphatic heterocycles. The molecule has 1 atom stereocenters. The van der Waals surface area contributed by atoms with Crippen LogP contribution < -0.4 is 5.32 Å². The molecule has 0 saturated carbocycles. The van der Waals surface area contributed by atoms with E-state index in [4.69, 9.17) is 0 Å². The van der Waals surface area contributed by atoms with Crippen LogP contribution in [0, 0.1) is 0 Å². The molecular formula is C7H15NOS. The zero-order chi connectivity index (χ0) is 7.45. The lowest BCUT2D eigenvalue weighted by Crippen LogP contribution is -2.34. The van der Waals surface area contributed by atoms with Crippen molar-refractivity contribution in [2.75, 3.05) is 24.6 Å². The predicted molar refractivity (Wildman–Crippen MR) is 45.4 cm³/mol. The van der Waals surface area contributed by atoms with Crippen LogP contribution in [0.1, 0.15) is 13.3 Å². The number of rotatable bonds is 3. The zero-order valence-corrected chi connectivity index (χ0v) is 7.21. The first-order valence-electron chi connectivity index (χ1n) is 3.78. The maximum absolute atomic E-state index is 9.74. The second kappa shape index (κ2) is 3.60. The zero-order valence-electron chi connectivity index (χ0n) is 6.39. The molecule has 0 bridgehead atoms. The van der Waals surface area contributed by atoms with Crippen molar-refractivity contribution < 1.29 is 5.11 Å². The first-order chi connectivity index (χ1) is 4.77. The quantitative estimate of drug-likeness (QED) is 0.631. The van der Waals surface area contributed by atoms with Crippen molar-refractivity contribution in [1.29, 1.82) is 0 Å². The molecular weight excluding hydrogens is 146 g/mol. The van der Waals surface area contributed by atoms with Gasteiger partial charge >= 0.3 is 0 Å². The number of hydrogen-bond acceptors (Lipinski definition) is 3. The summed E-state index contributed by atoms with van der Waals surface area (Å²) in [5.41, 5.74) is -0.402. The van der Waals surface area contributed by atoms with Crippen molar-refractivity contribution in [3.8, 4) is 0 Å². The Labute approximate surface area is 66.4 Å². The highest BCUT2D eigenvalue weighted by Crippen LogP contribution is 2.19. The van der Waals surface area contributed by atoms with Gasteiger partial charge in [-0.2, -0.15) is 11.8 Å². The average Bonchev–Trinajstić information content (AvgIpc) is 2.33. The largest absolute Gasteiger partial charge is 0.388 e. The Bertz CT molecular complexity index is 102. The molecule has 1 aliphatic rings. The molecule has 0 aromatic rings. The van der Waals surface area contributed by atoms with Crippen LogP contribution in [0.5, 0.6) is 0 Å². The van der Waals surface area contributed by atoms with Crippen LogP contribution in [0.25, 0.3) is 0 Å². The standard InChI is InChI=1S/C7H15NOS/c1-2-10-6-7(9)3-4-8-5-7/h8-9H,2-6H2,1H3. The van der Waals surface area contributed by atoms with Gasteiger partial charge in [-0.1, -0.05) is 6.92 Å². The van der Waals surface area contributed by atoms with E-state index in [1.54, 1.807) is 0 Å². The topological polar surface area (TPSA) is 32.3 Å². The van der Waals surface area contributed by atoms with E-state index in [1.807, 2.05) is 11.8 Å². The third-order valence-corrected chi connectivity index (χ3v) is 2.95. The lowest BCUT2D eigenvalue weighted by molar-refractivity contribution is 0.0872. The van der Waals surface area contributed by atoms with E-state index < -0.39 is 5.60 Å². The van der Waals surface area contributed by atoms with E-state index >= 15 is 0 Å². The number of β-amino-alcohol motifs (C(OH)–C–C–N with tert-alkyl or cyclic N) is 1. The summed E-state index contributed by atoms with van der Waals surface area (Å²) in [6.45, 7) is 3.87. The smallest absolute Gasteiger partial charge is 0.0873 e. The molecule has 60 valence electrons. The Balaban J connectivity index is 2.22. The molecule has 3 heteroatoms. The molecule has 0 aromatic heterocycles. The van der Waals surface area contributed by atoms with Gasteiger partial charge in [-0.05, 0) is 18.7 Å². The summed E-state index contributed by atoms with van der Waals surface area (Å²) in [7, 11) is 0. The Morgan fingerprint density at radius 3 is 3.00 bits per heavy atom. The lowest BCUT2D eigenvalue weighted by atomic mass is 10.1. The summed E-state index contributed by atoms with van der Waals surface area (Å²) >= 11 is 1.81. The van der Waals surface area contributed by atoms with Crippen LogP contribution in [0.3, 0.4) is 0 Å². The summed E-state index contributed by atoms with van der Waals surface area (Å²) in [6, 6.07) is 0. The van der Waals surface area contributed by atoms with E-state index in [0.717, 1.165) is 31.0 Å². The van der Waals surface area contributed by atoms with Crippen molar-refractivity contribution in [3.05, 3.63) is 0 Å². The van der Waals surface area contributed by atoms with Gasteiger partial charge in [0.1, 0.15) is 0 Å². The molecule has 1 heterocycles. The summed E-state index contributed by atoms with van der Waals surface area (Å²) in [5.74, 6) is 1.98. The fourth-order valence-corrected chi connectivity index (χ4v) is 1.98. The first kappa shape index (κ1) is 8.37. The number of nitrogens with one attached hydrogen (secondary N) is 1. The molecule has 0 spiro atoms. The van der Waals surface area contributed by atoms with Crippen molar-refractivity contribution >= 4 is 11.8 Å². The summed E-state index contributed by atoms with van der Waals surface area (Å²) in [6.07, 6.45) is 0.917. The second-order valence-corrected chi connectivity index (χ2v) is 4.06. The van der Waals surface area contributed by atoms with E-state index in [2.05, 4.69) is 12.2 Å². The van der Waals surface area contributed by atoms with Crippen molar-refractivity contribution in [2.24, 2.45) is 0 Å². The third kappa shape index (κ3) is 2.15. The minimum absolute atomic E-state index is 0.402. The molecule has 1 rings (SSSR count). The molecule has 10 heavy (non-hydrogen) atoms. The van der Waals surface area contributed by atoms with Crippen LogP contribution in [-0.4, -0.2) is 35.3 Å². The Morgan fingerprint density at radius 2 is 2.50 bits per heavy atom. The van der Waals surface area contributed by atoms with Gasteiger partial charge in [0.2, 0.25) is 0 Å². The highest BCUT2D eigenvalue weighted by atomic mass is 32.2. The highest BCUT2D eigenvalue weighted by molar-refractivity contribution is 7.99. The van der Waals surface area contributed by atoms with Gasteiger partial charge < -0.3 is 10.4 Å². The molecule has 0 amide bonds. The van der Waals surface area contributed by atoms with E-state index in [9.17, 15) is 5.11 Å². The molecule has 1 unspecified atom stereocenters. The first-order valence-corrected chi connectivity index (χ1v) is 4.93. The maximum atomic E-state index is 9.74. The molecule has 0 radical (unpaired) electrons. The summed E-state index contributed by atoms with van der Waals surface area (Å²) in [5, 5.41) is 12.9. The average molecular weight is 161 g/mol. The van der Waals surface area contributed by atoms with E-state index in [0.29, 0.717) is 0 Å². The second-order valence-electron chi connectivity index (χ2n) is 2.79. The number of aliphatic hydroxyl groups is 1. The van der Waals surface area contributed by atoms with Crippen LogP contribution in [0.2, 0.25) is 0 Å². The van der Waals surface area contributed by atoms with E-state index in [-0.39, 0.29) is 0 Å². The van der Waals surface area contributed by atoms with Crippen LogP contribution in [-0.2, 0) is 0 Å². The van der Waals surface area contributed by atoms with Crippen molar-refractivity contribution in [1.82, 2.24) is 5.32 Å². The van der Waals surface area contributed by atoms with Crippen molar-refractivity contribution in [3.63, 3.8) is 0 Å². The van der Waals surface area contributed by atoms with Crippen LogP contribution >= 0.6 is 11.8 Å². The highest BCUT2D eigenvalue weighted by Gasteiger charge is 2.30. The number of hydrogen-bond donors (Lipinski definition) is 2. The fourth-order valence-electron chi connectivity index (χ4n) is 1.15. The molecule has 2 N–H and O–H groups in total. The molecule has 0 aromatic carbocycles. The Morgan fingerprint density at radius 1 is 1.70 bits per heavy atom. The molecule has 2 nitrogen and oxygen atoms in total. The SMILES string of the molecule is CCSCC1(O)CCNC1. The predicted octanol–water partition coefficient (Wildman–Crippen LogP) is 0.464. The van der Waals surface area contributed by atoms with Gasteiger partial charge in [-0.15, -0.1) is 0 Å². The fraction of sp³-hybridized carbons (Fsp3) is 1.00. The van der Waals surface area contributed by atoms with Gasteiger partial charge in [0.25, 0.3) is 0 Å². The minimum atomic E-state index is -0.402. The van der Waals surface area contributed by atoms with Gasteiger partial charge in [0, 0.05) is 12.3 Å². The number of thioether (sulfide) groups is 1. The van der Waals surface area contributed by atoms with Crippen molar-refractivity contribution in [2.45, 2.75) is 18.9 Å². The van der Waals surface area contributed by atoms with Crippen LogP contribution in [0.15, 0.2) is 0 Å². The lowest BCUT2D eigenvalue weighted by Gasteiger charge is -2.19. The van der Waals surface area contributed by atoms with E-state index in [1.165, 1.54) is 0 Å². The van der Waals surface area contributed by atoms with Gasteiger partial charge in [-0.3, -0.25) is 0 Å². The normalized spacial score (nSPS) is 33.0. The monoisotopic (exact) mass is 161 g/mol. The van der Waals surface area contributed by atoms with Gasteiger partial charge in [0.15, 0.2) is 0 Å². The molecule has 1 fully saturated rings. The minimum Gasteiger partial charge on any atom is -0.388 e. The Kier molecular flexibility index (Phi) is 3.01.